The van der Waals surface area contributed by atoms with E-state index >= 15 is 0 Å². The fraction of sp³-hybridized carbons (Fsp3) is 0.391. The first-order chi connectivity index (χ1) is 14.4. The second-order valence-electron chi connectivity index (χ2n) is 7.63. The van der Waals surface area contributed by atoms with Gasteiger partial charge in [-0.1, -0.05) is 36.4 Å². The van der Waals surface area contributed by atoms with E-state index in [1.54, 1.807) is 31.1 Å². The molecule has 0 unspecified atom stereocenters. The fourth-order valence-corrected chi connectivity index (χ4v) is 3.82. The number of ether oxygens (including phenoxy) is 2. The average Bonchev–Trinajstić information content (AvgIpc) is 2.74. The summed E-state index contributed by atoms with van der Waals surface area (Å²) in [5, 5.41) is 0. The molecule has 0 aliphatic carbocycles. The normalized spacial score (nSPS) is 18.9. The van der Waals surface area contributed by atoms with E-state index in [0.29, 0.717) is 6.54 Å². The SMILES string of the molecule is COCC(=O)N1CCO[C@](Cc2ccccc2-c2ccc(F)cc2)(C(=O)N(C)C)C1. The van der Waals surface area contributed by atoms with Crippen molar-refractivity contribution in [3.63, 3.8) is 0 Å². The molecule has 3 rings (SSSR count). The van der Waals surface area contributed by atoms with E-state index < -0.39 is 5.60 Å². The van der Waals surface area contributed by atoms with Crippen LogP contribution in [0.2, 0.25) is 0 Å². The monoisotopic (exact) mass is 414 g/mol. The number of halogens is 1. The number of nitrogens with zero attached hydrogens (tertiary/aromatic N) is 2. The highest BCUT2D eigenvalue weighted by atomic mass is 19.1. The third-order valence-electron chi connectivity index (χ3n) is 5.25. The van der Waals surface area contributed by atoms with Gasteiger partial charge in [-0.3, -0.25) is 9.59 Å². The minimum absolute atomic E-state index is 0.0433. The Hall–Kier alpha value is -2.77. The number of methoxy groups -OCH3 is 1. The molecule has 0 bridgehead atoms. The van der Waals surface area contributed by atoms with Crippen LogP contribution in [-0.2, 0) is 25.5 Å². The topological polar surface area (TPSA) is 59.1 Å². The minimum Gasteiger partial charge on any atom is -0.375 e. The van der Waals surface area contributed by atoms with Crippen molar-refractivity contribution in [2.75, 3.05) is 47.5 Å². The lowest BCUT2D eigenvalue weighted by Gasteiger charge is -2.43. The number of amides is 2. The number of benzene rings is 2. The van der Waals surface area contributed by atoms with Gasteiger partial charge in [0.2, 0.25) is 5.91 Å². The molecule has 2 amide bonds. The molecule has 1 aliphatic rings. The highest BCUT2D eigenvalue weighted by molar-refractivity contribution is 5.87. The van der Waals surface area contributed by atoms with Gasteiger partial charge in [-0.2, -0.15) is 0 Å². The zero-order chi connectivity index (χ0) is 21.7. The number of carbonyl (C=O) groups is 2. The van der Waals surface area contributed by atoms with Crippen LogP contribution in [0.5, 0.6) is 0 Å². The minimum atomic E-state index is -1.21. The van der Waals surface area contributed by atoms with E-state index in [9.17, 15) is 14.0 Å². The molecule has 0 aromatic heterocycles. The van der Waals surface area contributed by atoms with Crippen molar-refractivity contribution in [1.29, 1.82) is 0 Å². The van der Waals surface area contributed by atoms with Gasteiger partial charge in [0.15, 0.2) is 5.60 Å². The molecule has 30 heavy (non-hydrogen) atoms. The maximum atomic E-state index is 13.4. The second kappa shape index (κ2) is 9.36. The molecule has 1 atom stereocenters. The van der Waals surface area contributed by atoms with Crippen molar-refractivity contribution in [3.05, 3.63) is 59.9 Å². The Morgan fingerprint density at radius 2 is 1.87 bits per heavy atom. The zero-order valence-corrected chi connectivity index (χ0v) is 17.6. The Balaban J connectivity index is 1.98. The van der Waals surface area contributed by atoms with Gasteiger partial charge >= 0.3 is 0 Å². The van der Waals surface area contributed by atoms with E-state index in [1.165, 1.54) is 24.1 Å². The molecule has 1 saturated heterocycles. The molecule has 7 heteroatoms. The van der Waals surface area contributed by atoms with Crippen molar-refractivity contribution in [2.45, 2.75) is 12.0 Å². The summed E-state index contributed by atoms with van der Waals surface area (Å²) < 4.78 is 24.5. The second-order valence-corrected chi connectivity index (χ2v) is 7.63. The number of rotatable bonds is 6. The van der Waals surface area contributed by atoms with E-state index in [2.05, 4.69) is 0 Å². The van der Waals surface area contributed by atoms with E-state index in [4.69, 9.17) is 9.47 Å². The summed E-state index contributed by atoms with van der Waals surface area (Å²) >= 11 is 0. The number of morpholine rings is 1. The molecule has 0 radical (unpaired) electrons. The van der Waals surface area contributed by atoms with Gasteiger partial charge in [-0.25, -0.2) is 4.39 Å². The van der Waals surface area contributed by atoms with E-state index in [1.807, 2.05) is 24.3 Å². The van der Waals surface area contributed by atoms with Crippen LogP contribution in [0.4, 0.5) is 4.39 Å². The van der Waals surface area contributed by atoms with Gasteiger partial charge in [-0.05, 0) is 28.8 Å². The molecular formula is C23H27FN2O4. The zero-order valence-electron chi connectivity index (χ0n) is 17.6. The molecule has 0 spiro atoms. The van der Waals surface area contributed by atoms with Crippen LogP contribution < -0.4 is 0 Å². The molecule has 1 fully saturated rings. The van der Waals surface area contributed by atoms with Crippen molar-refractivity contribution < 1.29 is 23.5 Å². The van der Waals surface area contributed by atoms with Crippen LogP contribution in [0.25, 0.3) is 11.1 Å². The summed E-state index contributed by atoms with van der Waals surface area (Å²) in [4.78, 5) is 28.8. The predicted octanol–water partition coefficient (Wildman–Crippen LogP) is 2.37. The Bertz CT molecular complexity index is 900. The van der Waals surface area contributed by atoms with Crippen LogP contribution in [-0.4, -0.2) is 74.7 Å². The Kier molecular flexibility index (Phi) is 6.84. The Morgan fingerprint density at radius 3 is 2.53 bits per heavy atom. The van der Waals surface area contributed by atoms with Gasteiger partial charge in [0, 0.05) is 34.2 Å². The molecule has 160 valence electrons. The first-order valence-corrected chi connectivity index (χ1v) is 9.82. The smallest absolute Gasteiger partial charge is 0.256 e. The number of likely N-dealkylation sites (N-methyl/N-ethyl adjacent to an activating group) is 1. The van der Waals surface area contributed by atoms with Crippen LogP contribution in [0, 0.1) is 5.82 Å². The molecular weight excluding hydrogens is 387 g/mol. The highest BCUT2D eigenvalue weighted by Crippen LogP contribution is 2.31. The van der Waals surface area contributed by atoms with Crippen molar-refractivity contribution >= 4 is 11.8 Å². The number of carbonyl (C=O) groups excluding carboxylic acids is 2. The number of hydrogen-bond acceptors (Lipinski definition) is 4. The summed E-state index contributed by atoms with van der Waals surface area (Å²) in [7, 11) is 4.82. The van der Waals surface area contributed by atoms with Crippen molar-refractivity contribution in [3.8, 4) is 11.1 Å². The van der Waals surface area contributed by atoms with E-state index in [-0.39, 0.29) is 43.8 Å². The maximum Gasteiger partial charge on any atom is 0.256 e. The lowest BCUT2D eigenvalue weighted by Crippen LogP contribution is -2.62. The third-order valence-corrected chi connectivity index (χ3v) is 5.25. The lowest BCUT2D eigenvalue weighted by atomic mass is 9.87. The lowest BCUT2D eigenvalue weighted by molar-refractivity contribution is -0.173. The van der Waals surface area contributed by atoms with Gasteiger partial charge in [0.05, 0.1) is 13.2 Å². The summed E-state index contributed by atoms with van der Waals surface area (Å²) in [5.74, 6) is -0.687. The van der Waals surface area contributed by atoms with Gasteiger partial charge < -0.3 is 19.3 Å². The van der Waals surface area contributed by atoms with Crippen LogP contribution in [0.1, 0.15) is 5.56 Å². The standard InChI is InChI=1S/C23H27FN2O4/c1-25(2)22(28)23(16-26(12-13-30-23)21(27)15-29-3)14-18-6-4-5-7-20(18)17-8-10-19(24)11-9-17/h4-11H,12-16H2,1-3H3/t23-/m0/s1. The molecule has 0 N–H and O–H groups in total. The fourth-order valence-electron chi connectivity index (χ4n) is 3.82. The molecule has 2 aromatic rings. The first kappa shape index (κ1) is 21.9. The maximum absolute atomic E-state index is 13.4. The van der Waals surface area contributed by atoms with Crippen LogP contribution in [0.15, 0.2) is 48.5 Å². The van der Waals surface area contributed by atoms with Crippen molar-refractivity contribution in [1.82, 2.24) is 9.80 Å². The highest BCUT2D eigenvalue weighted by Gasteiger charge is 2.46. The Morgan fingerprint density at radius 1 is 1.17 bits per heavy atom. The Labute approximate surface area is 176 Å². The first-order valence-electron chi connectivity index (χ1n) is 9.82. The molecule has 0 saturated carbocycles. The summed E-state index contributed by atoms with van der Waals surface area (Å²) in [5.41, 5.74) is 1.43. The summed E-state index contributed by atoms with van der Waals surface area (Å²) in [6.45, 7) is 0.764. The largest absolute Gasteiger partial charge is 0.375 e. The predicted molar refractivity (Wildman–Crippen MR) is 111 cm³/mol. The average molecular weight is 414 g/mol. The van der Waals surface area contributed by atoms with Crippen molar-refractivity contribution in [2.24, 2.45) is 0 Å². The molecule has 6 nitrogen and oxygen atoms in total. The van der Waals surface area contributed by atoms with Gasteiger partial charge in [-0.15, -0.1) is 0 Å². The van der Waals surface area contributed by atoms with Crippen LogP contribution in [0.3, 0.4) is 0 Å². The molecule has 1 heterocycles. The van der Waals surface area contributed by atoms with Gasteiger partial charge in [0.25, 0.3) is 5.91 Å². The molecule has 2 aromatic carbocycles. The number of hydrogen-bond donors (Lipinski definition) is 0. The summed E-state index contributed by atoms with van der Waals surface area (Å²) in [6, 6.07) is 13.9. The molecule has 1 aliphatic heterocycles. The van der Waals surface area contributed by atoms with Crippen LogP contribution >= 0.6 is 0 Å². The summed E-state index contributed by atoms with van der Waals surface area (Å²) in [6.07, 6.45) is 0.286. The van der Waals surface area contributed by atoms with Gasteiger partial charge in [0.1, 0.15) is 12.4 Å². The third kappa shape index (κ3) is 4.68. The van der Waals surface area contributed by atoms with E-state index in [0.717, 1.165) is 16.7 Å². The quantitative estimate of drug-likeness (QED) is 0.728.